The number of aromatic nitrogens is 5. The standard InChI is InChI=1S/C16H18ClN5O2S/c1-3-22-12(9-23-4-2)19-20-15(22)13(25)16-18-14(21-24-16)10-6-5-7-11(17)8-10/h5-8,13,25H,3-4,9H2,1-2H3. The molecule has 1 unspecified atom stereocenters. The molecule has 0 aliphatic heterocycles. The van der Waals surface area contributed by atoms with Gasteiger partial charge in [-0.15, -0.1) is 10.2 Å². The van der Waals surface area contributed by atoms with E-state index in [1.54, 1.807) is 12.1 Å². The summed E-state index contributed by atoms with van der Waals surface area (Å²) in [5.41, 5.74) is 0.775. The van der Waals surface area contributed by atoms with Gasteiger partial charge in [0.25, 0.3) is 0 Å². The van der Waals surface area contributed by atoms with Crippen molar-refractivity contribution in [2.24, 2.45) is 0 Å². The number of halogens is 1. The maximum absolute atomic E-state index is 6.01. The normalized spacial score (nSPS) is 12.5. The molecular weight excluding hydrogens is 362 g/mol. The van der Waals surface area contributed by atoms with Crippen molar-refractivity contribution in [1.29, 1.82) is 0 Å². The Kier molecular flexibility index (Phi) is 5.72. The molecular formula is C16H18ClN5O2S. The van der Waals surface area contributed by atoms with Gasteiger partial charge in [0.1, 0.15) is 11.9 Å². The zero-order chi connectivity index (χ0) is 17.8. The molecule has 3 aromatic rings. The largest absolute Gasteiger partial charge is 0.374 e. The molecule has 132 valence electrons. The predicted octanol–water partition coefficient (Wildman–Crippen LogP) is 3.56. The monoisotopic (exact) mass is 379 g/mol. The van der Waals surface area contributed by atoms with Crippen LogP contribution in [0.3, 0.4) is 0 Å². The van der Waals surface area contributed by atoms with Crippen LogP contribution >= 0.6 is 24.2 Å². The third-order valence-corrected chi connectivity index (χ3v) is 4.30. The Bertz CT molecular complexity index is 851. The van der Waals surface area contributed by atoms with Crippen LogP contribution in [0.4, 0.5) is 0 Å². The van der Waals surface area contributed by atoms with Gasteiger partial charge in [0.2, 0.25) is 11.7 Å². The molecule has 0 fully saturated rings. The molecule has 0 saturated carbocycles. The summed E-state index contributed by atoms with van der Waals surface area (Å²) in [7, 11) is 0. The second-order valence-electron chi connectivity index (χ2n) is 5.22. The van der Waals surface area contributed by atoms with Crippen LogP contribution in [0.1, 0.15) is 36.6 Å². The topological polar surface area (TPSA) is 78.9 Å². The van der Waals surface area contributed by atoms with Gasteiger partial charge in [0.15, 0.2) is 11.6 Å². The molecule has 7 nitrogen and oxygen atoms in total. The van der Waals surface area contributed by atoms with E-state index < -0.39 is 5.25 Å². The first-order chi connectivity index (χ1) is 12.1. The smallest absolute Gasteiger partial charge is 0.247 e. The van der Waals surface area contributed by atoms with Crippen LogP contribution in [-0.2, 0) is 17.9 Å². The third kappa shape index (κ3) is 3.86. The average molecular weight is 380 g/mol. The van der Waals surface area contributed by atoms with Gasteiger partial charge < -0.3 is 13.8 Å². The Morgan fingerprint density at radius 1 is 1.32 bits per heavy atom. The molecule has 0 radical (unpaired) electrons. The van der Waals surface area contributed by atoms with Crippen molar-refractivity contribution in [2.75, 3.05) is 6.61 Å². The van der Waals surface area contributed by atoms with E-state index in [9.17, 15) is 0 Å². The fourth-order valence-corrected chi connectivity index (χ4v) is 2.88. The van der Waals surface area contributed by atoms with Gasteiger partial charge in [0.05, 0.1) is 0 Å². The molecule has 0 amide bonds. The summed E-state index contributed by atoms with van der Waals surface area (Å²) in [6, 6.07) is 7.26. The first-order valence-electron chi connectivity index (χ1n) is 7.91. The molecule has 0 aliphatic rings. The Morgan fingerprint density at radius 2 is 2.16 bits per heavy atom. The summed E-state index contributed by atoms with van der Waals surface area (Å²) in [6.07, 6.45) is 0. The molecule has 9 heteroatoms. The molecule has 25 heavy (non-hydrogen) atoms. The Morgan fingerprint density at radius 3 is 2.88 bits per heavy atom. The first-order valence-corrected chi connectivity index (χ1v) is 8.80. The van der Waals surface area contributed by atoms with Crippen molar-refractivity contribution < 1.29 is 9.26 Å². The molecule has 0 spiro atoms. The highest BCUT2D eigenvalue weighted by Gasteiger charge is 2.24. The number of rotatable bonds is 7. The highest BCUT2D eigenvalue weighted by Crippen LogP contribution is 2.28. The number of ether oxygens (including phenoxy) is 1. The predicted molar refractivity (Wildman–Crippen MR) is 96.6 cm³/mol. The number of hydrogen-bond donors (Lipinski definition) is 1. The molecule has 0 aliphatic carbocycles. The Labute approximate surface area is 155 Å². The molecule has 0 saturated heterocycles. The van der Waals surface area contributed by atoms with Crippen molar-refractivity contribution in [3.63, 3.8) is 0 Å². The lowest BCUT2D eigenvalue weighted by Crippen LogP contribution is -2.10. The quantitative estimate of drug-likeness (QED) is 0.632. The van der Waals surface area contributed by atoms with Gasteiger partial charge in [-0.05, 0) is 26.0 Å². The van der Waals surface area contributed by atoms with Crippen molar-refractivity contribution >= 4 is 24.2 Å². The van der Waals surface area contributed by atoms with E-state index in [4.69, 9.17) is 20.9 Å². The Hall–Kier alpha value is -1.90. The van der Waals surface area contributed by atoms with E-state index in [0.29, 0.717) is 42.3 Å². The summed E-state index contributed by atoms with van der Waals surface area (Å²) in [6.45, 7) is 5.65. The lowest BCUT2D eigenvalue weighted by molar-refractivity contribution is 0.125. The second-order valence-corrected chi connectivity index (χ2v) is 6.18. The van der Waals surface area contributed by atoms with Crippen LogP contribution in [0.15, 0.2) is 28.8 Å². The van der Waals surface area contributed by atoms with Crippen molar-refractivity contribution in [1.82, 2.24) is 24.9 Å². The molecule has 2 heterocycles. The number of nitrogens with zero attached hydrogens (tertiary/aromatic N) is 5. The van der Waals surface area contributed by atoms with Gasteiger partial charge in [-0.25, -0.2) is 0 Å². The van der Waals surface area contributed by atoms with Crippen molar-refractivity contribution in [3.05, 3.63) is 46.8 Å². The van der Waals surface area contributed by atoms with Crippen LogP contribution in [0.2, 0.25) is 5.02 Å². The van der Waals surface area contributed by atoms with Crippen LogP contribution in [0.25, 0.3) is 11.4 Å². The third-order valence-electron chi connectivity index (χ3n) is 3.61. The maximum Gasteiger partial charge on any atom is 0.247 e. The lowest BCUT2D eigenvalue weighted by atomic mass is 10.2. The SMILES string of the molecule is CCOCc1nnc(C(S)c2nc(-c3cccc(Cl)c3)no2)n1CC. The molecule has 1 aromatic carbocycles. The second kappa shape index (κ2) is 7.99. The number of hydrogen-bond acceptors (Lipinski definition) is 7. The zero-order valence-corrected chi connectivity index (χ0v) is 15.5. The fraction of sp³-hybridized carbons (Fsp3) is 0.375. The molecule has 2 aromatic heterocycles. The highest BCUT2D eigenvalue weighted by atomic mass is 35.5. The van der Waals surface area contributed by atoms with E-state index >= 15 is 0 Å². The van der Waals surface area contributed by atoms with Gasteiger partial charge in [0, 0.05) is 23.7 Å². The molecule has 0 bridgehead atoms. The van der Waals surface area contributed by atoms with E-state index in [1.165, 1.54) is 0 Å². The van der Waals surface area contributed by atoms with Crippen LogP contribution in [0.5, 0.6) is 0 Å². The van der Waals surface area contributed by atoms with Gasteiger partial charge in [-0.2, -0.15) is 17.6 Å². The minimum Gasteiger partial charge on any atom is -0.374 e. The average Bonchev–Trinajstić information content (AvgIpc) is 3.26. The fourth-order valence-electron chi connectivity index (χ4n) is 2.40. The minimum atomic E-state index is -0.483. The Balaban J connectivity index is 1.87. The zero-order valence-electron chi connectivity index (χ0n) is 13.9. The summed E-state index contributed by atoms with van der Waals surface area (Å²) in [5.74, 6) is 2.19. The summed E-state index contributed by atoms with van der Waals surface area (Å²) in [4.78, 5) is 4.42. The van der Waals surface area contributed by atoms with Crippen molar-refractivity contribution in [3.8, 4) is 11.4 Å². The van der Waals surface area contributed by atoms with E-state index in [1.807, 2.05) is 30.5 Å². The minimum absolute atomic E-state index is 0.350. The van der Waals surface area contributed by atoms with Gasteiger partial charge in [-0.3, -0.25) is 0 Å². The summed E-state index contributed by atoms with van der Waals surface area (Å²) >= 11 is 10.6. The highest BCUT2D eigenvalue weighted by molar-refractivity contribution is 7.80. The van der Waals surface area contributed by atoms with Gasteiger partial charge >= 0.3 is 0 Å². The van der Waals surface area contributed by atoms with Crippen LogP contribution < -0.4 is 0 Å². The number of thiol groups is 1. The van der Waals surface area contributed by atoms with Gasteiger partial charge in [-0.1, -0.05) is 28.9 Å². The molecule has 0 N–H and O–H groups in total. The molecule has 1 atom stereocenters. The van der Waals surface area contributed by atoms with E-state index in [-0.39, 0.29) is 0 Å². The van der Waals surface area contributed by atoms with E-state index in [2.05, 4.69) is 33.0 Å². The first kappa shape index (κ1) is 17.9. The summed E-state index contributed by atoms with van der Waals surface area (Å²) < 4.78 is 12.7. The molecule has 3 rings (SSSR count). The van der Waals surface area contributed by atoms with E-state index in [0.717, 1.165) is 11.4 Å². The van der Waals surface area contributed by atoms with Crippen molar-refractivity contribution in [2.45, 2.75) is 32.2 Å². The lowest BCUT2D eigenvalue weighted by Gasteiger charge is -2.09. The maximum atomic E-state index is 6.01. The summed E-state index contributed by atoms with van der Waals surface area (Å²) in [5, 5.41) is 12.5. The van der Waals surface area contributed by atoms with Crippen LogP contribution in [-0.4, -0.2) is 31.5 Å². The van der Waals surface area contributed by atoms with Crippen LogP contribution in [0, 0.1) is 0 Å². The number of benzene rings is 1.